The largest absolute Gasteiger partial charge is 0.384 e. The van der Waals surface area contributed by atoms with Crippen LogP contribution >= 0.6 is 0 Å². The summed E-state index contributed by atoms with van der Waals surface area (Å²) in [4.78, 5) is 11.2. The zero-order valence-corrected chi connectivity index (χ0v) is 10.4. The van der Waals surface area contributed by atoms with Crippen LogP contribution in [0.1, 0.15) is 20.3 Å². The Bertz CT molecular complexity index is 396. The van der Waals surface area contributed by atoms with Crippen molar-refractivity contribution in [3.8, 4) is 0 Å². The van der Waals surface area contributed by atoms with Gasteiger partial charge in [-0.15, -0.1) is 0 Å². The fourth-order valence-electron chi connectivity index (χ4n) is 1.31. The fourth-order valence-corrected chi connectivity index (χ4v) is 1.31. The van der Waals surface area contributed by atoms with Gasteiger partial charge in [0.2, 0.25) is 5.56 Å². The predicted molar refractivity (Wildman–Crippen MR) is 65.9 cm³/mol. The predicted octanol–water partition coefficient (Wildman–Crippen LogP) is 1.61. The molecular formula is C12H20N2O2. The van der Waals surface area contributed by atoms with Gasteiger partial charge in [-0.2, -0.15) is 0 Å². The average molecular weight is 224 g/mol. The molecule has 0 aliphatic carbocycles. The maximum Gasteiger partial charge on any atom is 0.250 e. The first-order chi connectivity index (χ1) is 7.44. The van der Waals surface area contributed by atoms with Crippen molar-refractivity contribution in [3.05, 3.63) is 28.7 Å². The molecule has 0 amide bonds. The van der Waals surface area contributed by atoms with E-state index in [1.54, 1.807) is 37.1 Å². The Morgan fingerprint density at radius 2 is 2.12 bits per heavy atom. The van der Waals surface area contributed by atoms with Crippen LogP contribution in [0.2, 0.25) is 0 Å². The molecular weight excluding hydrogens is 204 g/mol. The molecule has 0 aliphatic rings. The molecule has 0 saturated carbocycles. The van der Waals surface area contributed by atoms with E-state index in [0.29, 0.717) is 0 Å². The van der Waals surface area contributed by atoms with Crippen molar-refractivity contribution in [1.29, 1.82) is 0 Å². The van der Waals surface area contributed by atoms with Gasteiger partial charge in [-0.3, -0.25) is 4.79 Å². The highest BCUT2D eigenvalue weighted by Crippen LogP contribution is 2.13. The number of hydrogen-bond donors (Lipinski definition) is 1. The summed E-state index contributed by atoms with van der Waals surface area (Å²) in [5, 5.41) is 3.26. The van der Waals surface area contributed by atoms with Crippen LogP contribution < -0.4 is 10.9 Å². The molecule has 0 fully saturated rings. The molecule has 1 aromatic heterocycles. The molecule has 0 saturated heterocycles. The van der Waals surface area contributed by atoms with Crippen molar-refractivity contribution in [1.82, 2.24) is 4.57 Å². The minimum Gasteiger partial charge on any atom is -0.384 e. The van der Waals surface area contributed by atoms with Crippen LogP contribution in [-0.2, 0) is 11.8 Å². The Kier molecular flexibility index (Phi) is 4.12. The molecule has 16 heavy (non-hydrogen) atoms. The summed E-state index contributed by atoms with van der Waals surface area (Å²) < 4.78 is 6.88. The van der Waals surface area contributed by atoms with Crippen LogP contribution in [0.5, 0.6) is 0 Å². The van der Waals surface area contributed by atoms with Gasteiger partial charge in [0.15, 0.2) is 0 Å². The molecule has 1 N–H and O–H groups in total. The summed E-state index contributed by atoms with van der Waals surface area (Å²) in [6, 6.07) is 3.35. The molecule has 4 nitrogen and oxygen atoms in total. The molecule has 90 valence electrons. The van der Waals surface area contributed by atoms with Gasteiger partial charge in [0.1, 0.15) is 0 Å². The third kappa shape index (κ3) is 3.70. The molecule has 0 atom stereocenters. The standard InChI is InChI=1S/C12H20N2O2/c1-12(2,16-4)7-8-13-10-5-6-11(15)14(3)9-10/h5-6,9,13H,7-8H2,1-4H3. The molecule has 0 radical (unpaired) electrons. The van der Waals surface area contributed by atoms with E-state index in [0.717, 1.165) is 18.7 Å². The van der Waals surface area contributed by atoms with E-state index in [-0.39, 0.29) is 11.2 Å². The number of methoxy groups -OCH3 is 1. The van der Waals surface area contributed by atoms with Crippen molar-refractivity contribution in [2.75, 3.05) is 19.0 Å². The third-order valence-electron chi connectivity index (χ3n) is 2.69. The van der Waals surface area contributed by atoms with Gasteiger partial charge in [0.25, 0.3) is 0 Å². The minimum atomic E-state index is -0.117. The molecule has 1 aromatic rings. The van der Waals surface area contributed by atoms with E-state index in [4.69, 9.17) is 4.74 Å². The van der Waals surface area contributed by atoms with Crippen LogP contribution in [0.4, 0.5) is 5.69 Å². The Hall–Kier alpha value is -1.29. The lowest BCUT2D eigenvalue weighted by Crippen LogP contribution is -2.26. The first-order valence-corrected chi connectivity index (χ1v) is 5.40. The highest BCUT2D eigenvalue weighted by Gasteiger charge is 2.15. The number of anilines is 1. The van der Waals surface area contributed by atoms with Crippen LogP contribution in [0.25, 0.3) is 0 Å². The normalized spacial score (nSPS) is 11.5. The van der Waals surface area contributed by atoms with E-state index in [9.17, 15) is 4.79 Å². The Labute approximate surface area is 96.2 Å². The van der Waals surface area contributed by atoms with Gasteiger partial charge in [0.05, 0.1) is 11.3 Å². The number of ether oxygens (including phenoxy) is 1. The SMILES string of the molecule is COC(C)(C)CCNc1ccc(=O)n(C)c1. The Balaban J connectivity index is 2.49. The Morgan fingerprint density at radius 3 is 2.69 bits per heavy atom. The minimum absolute atomic E-state index is 0.00257. The summed E-state index contributed by atoms with van der Waals surface area (Å²) in [5.74, 6) is 0. The van der Waals surface area contributed by atoms with E-state index in [2.05, 4.69) is 19.2 Å². The number of aryl methyl sites for hydroxylation is 1. The van der Waals surface area contributed by atoms with Crippen molar-refractivity contribution in [2.24, 2.45) is 7.05 Å². The van der Waals surface area contributed by atoms with Crippen LogP contribution in [0, 0.1) is 0 Å². The van der Waals surface area contributed by atoms with Crippen LogP contribution in [0.3, 0.4) is 0 Å². The van der Waals surface area contributed by atoms with Gasteiger partial charge in [-0.05, 0) is 26.3 Å². The van der Waals surface area contributed by atoms with Crippen molar-refractivity contribution in [2.45, 2.75) is 25.9 Å². The maximum atomic E-state index is 11.2. The molecule has 0 bridgehead atoms. The van der Waals surface area contributed by atoms with Crippen molar-refractivity contribution < 1.29 is 4.74 Å². The van der Waals surface area contributed by atoms with Crippen LogP contribution in [0.15, 0.2) is 23.1 Å². The molecule has 0 unspecified atom stereocenters. The van der Waals surface area contributed by atoms with Gasteiger partial charge >= 0.3 is 0 Å². The van der Waals surface area contributed by atoms with Gasteiger partial charge < -0.3 is 14.6 Å². The summed E-state index contributed by atoms with van der Waals surface area (Å²) in [6.07, 6.45) is 2.70. The second kappa shape index (κ2) is 5.16. The molecule has 4 heteroatoms. The molecule has 1 heterocycles. The first-order valence-electron chi connectivity index (χ1n) is 5.40. The lowest BCUT2D eigenvalue weighted by atomic mass is 10.1. The quantitative estimate of drug-likeness (QED) is 0.826. The molecule has 1 rings (SSSR count). The number of hydrogen-bond acceptors (Lipinski definition) is 3. The monoisotopic (exact) mass is 224 g/mol. The number of aromatic nitrogens is 1. The van der Waals surface area contributed by atoms with Crippen molar-refractivity contribution >= 4 is 5.69 Å². The maximum absolute atomic E-state index is 11.2. The van der Waals surface area contributed by atoms with Gasteiger partial charge in [-0.25, -0.2) is 0 Å². The summed E-state index contributed by atoms with van der Waals surface area (Å²) >= 11 is 0. The van der Waals surface area contributed by atoms with E-state index < -0.39 is 0 Å². The second-order valence-electron chi connectivity index (χ2n) is 4.51. The summed E-state index contributed by atoms with van der Waals surface area (Å²) in [6.45, 7) is 4.92. The Morgan fingerprint density at radius 1 is 1.44 bits per heavy atom. The van der Waals surface area contributed by atoms with E-state index in [1.165, 1.54) is 0 Å². The number of nitrogens with one attached hydrogen (secondary N) is 1. The molecule has 0 spiro atoms. The van der Waals surface area contributed by atoms with Crippen LogP contribution in [-0.4, -0.2) is 23.8 Å². The molecule has 0 aliphatic heterocycles. The van der Waals surface area contributed by atoms with Gasteiger partial charge in [-0.1, -0.05) is 0 Å². The zero-order valence-electron chi connectivity index (χ0n) is 10.4. The smallest absolute Gasteiger partial charge is 0.250 e. The van der Waals surface area contributed by atoms with Crippen molar-refractivity contribution in [3.63, 3.8) is 0 Å². The average Bonchev–Trinajstić information content (AvgIpc) is 2.23. The molecule has 0 aromatic carbocycles. The third-order valence-corrected chi connectivity index (χ3v) is 2.69. The zero-order chi connectivity index (χ0) is 12.2. The fraction of sp³-hybridized carbons (Fsp3) is 0.583. The first kappa shape index (κ1) is 12.8. The number of nitrogens with zero attached hydrogens (tertiary/aromatic N) is 1. The topological polar surface area (TPSA) is 43.3 Å². The van der Waals surface area contributed by atoms with Gasteiger partial charge in [0, 0.05) is 33.0 Å². The second-order valence-corrected chi connectivity index (χ2v) is 4.51. The van der Waals surface area contributed by atoms with E-state index >= 15 is 0 Å². The summed E-state index contributed by atoms with van der Waals surface area (Å²) in [5.41, 5.74) is 0.838. The summed E-state index contributed by atoms with van der Waals surface area (Å²) in [7, 11) is 3.46. The van der Waals surface area contributed by atoms with E-state index in [1.807, 2.05) is 0 Å². The highest BCUT2D eigenvalue weighted by molar-refractivity contribution is 5.39. The number of rotatable bonds is 5. The highest BCUT2D eigenvalue weighted by atomic mass is 16.5. The lowest BCUT2D eigenvalue weighted by Gasteiger charge is -2.23. The lowest BCUT2D eigenvalue weighted by molar-refractivity contribution is 0.0185. The number of pyridine rings is 1.